The standard InChI is InChI=1S/C12H15BrN2/c1-9-5-7-15(8-6-9)12-4-3-11(13)10(2)14-12/h3-4H,1,5-8H2,2H3. The number of hydrogen-bond acceptors (Lipinski definition) is 2. The predicted molar refractivity (Wildman–Crippen MR) is 67.3 cm³/mol. The molecule has 0 amide bonds. The molecule has 0 N–H and O–H groups in total. The lowest BCUT2D eigenvalue weighted by Gasteiger charge is -2.29. The zero-order valence-electron chi connectivity index (χ0n) is 8.96. The van der Waals surface area contributed by atoms with Gasteiger partial charge in [0.25, 0.3) is 0 Å². The summed E-state index contributed by atoms with van der Waals surface area (Å²) in [6, 6.07) is 4.15. The molecule has 0 unspecified atom stereocenters. The number of aromatic nitrogens is 1. The van der Waals surface area contributed by atoms with E-state index in [4.69, 9.17) is 0 Å². The van der Waals surface area contributed by atoms with Crippen LogP contribution >= 0.6 is 15.9 Å². The van der Waals surface area contributed by atoms with E-state index in [1.54, 1.807) is 0 Å². The molecule has 0 aromatic carbocycles. The summed E-state index contributed by atoms with van der Waals surface area (Å²) in [6.45, 7) is 8.14. The van der Waals surface area contributed by atoms with E-state index >= 15 is 0 Å². The van der Waals surface area contributed by atoms with Gasteiger partial charge in [-0.3, -0.25) is 0 Å². The number of pyridine rings is 1. The van der Waals surface area contributed by atoms with Gasteiger partial charge in [-0.15, -0.1) is 0 Å². The minimum atomic E-state index is 1.05. The average Bonchev–Trinajstić information content (AvgIpc) is 2.23. The highest BCUT2D eigenvalue weighted by Crippen LogP contribution is 2.23. The van der Waals surface area contributed by atoms with Gasteiger partial charge < -0.3 is 4.90 Å². The molecule has 1 saturated heterocycles. The topological polar surface area (TPSA) is 16.1 Å². The van der Waals surface area contributed by atoms with Crippen LogP contribution in [0.4, 0.5) is 5.82 Å². The fourth-order valence-corrected chi connectivity index (χ4v) is 1.98. The Hall–Kier alpha value is -0.830. The molecular formula is C12H15BrN2. The number of anilines is 1. The van der Waals surface area contributed by atoms with Crippen molar-refractivity contribution < 1.29 is 0 Å². The fraction of sp³-hybridized carbons (Fsp3) is 0.417. The Morgan fingerprint density at radius 2 is 2.00 bits per heavy atom. The zero-order valence-corrected chi connectivity index (χ0v) is 10.5. The van der Waals surface area contributed by atoms with E-state index in [-0.39, 0.29) is 0 Å². The Morgan fingerprint density at radius 3 is 2.60 bits per heavy atom. The maximum absolute atomic E-state index is 4.57. The van der Waals surface area contributed by atoms with E-state index in [0.29, 0.717) is 0 Å². The molecule has 0 radical (unpaired) electrons. The van der Waals surface area contributed by atoms with Crippen LogP contribution in [-0.2, 0) is 0 Å². The van der Waals surface area contributed by atoms with Crippen molar-refractivity contribution in [2.24, 2.45) is 0 Å². The first-order valence-electron chi connectivity index (χ1n) is 5.21. The van der Waals surface area contributed by atoms with Crippen LogP contribution in [0.3, 0.4) is 0 Å². The summed E-state index contributed by atoms with van der Waals surface area (Å²) in [4.78, 5) is 6.90. The summed E-state index contributed by atoms with van der Waals surface area (Å²) in [6.07, 6.45) is 2.19. The first-order chi connectivity index (χ1) is 7.16. The molecule has 0 spiro atoms. The van der Waals surface area contributed by atoms with Crippen LogP contribution in [0.15, 0.2) is 28.8 Å². The molecular weight excluding hydrogens is 252 g/mol. The SMILES string of the molecule is C=C1CCN(c2ccc(Br)c(C)n2)CC1. The molecule has 1 fully saturated rings. The van der Waals surface area contributed by atoms with Gasteiger partial charge >= 0.3 is 0 Å². The van der Waals surface area contributed by atoms with Crippen molar-refractivity contribution in [3.8, 4) is 0 Å². The highest BCUT2D eigenvalue weighted by Gasteiger charge is 2.14. The van der Waals surface area contributed by atoms with Crippen molar-refractivity contribution in [3.63, 3.8) is 0 Å². The number of piperidine rings is 1. The van der Waals surface area contributed by atoms with Crippen LogP contribution in [0, 0.1) is 6.92 Å². The minimum absolute atomic E-state index is 1.05. The van der Waals surface area contributed by atoms with Crippen LogP contribution in [-0.4, -0.2) is 18.1 Å². The van der Waals surface area contributed by atoms with Gasteiger partial charge in [-0.1, -0.05) is 12.2 Å². The molecule has 2 nitrogen and oxygen atoms in total. The van der Waals surface area contributed by atoms with Crippen LogP contribution in [0.1, 0.15) is 18.5 Å². The van der Waals surface area contributed by atoms with E-state index in [1.165, 1.54) is 5.57 Å². The summed E-state index contributed by atoms with van der Waals surface area (Å²) in [5, 5.41) is 0. The summed E-state index contributed by atoms with van der Waals surface area (Å²) >= 11 is 3.47. The molecule has 0 aliphatic carbocycles. The lowest BCUT2D eigenvalue weighted by atomic mass is 10.1. The van der Waals surface area contributed by atoms with Crippen LogP contribution in [0.2, 0.25) is 0 Å². The van der Waals surface area contributed by atoms with Gasteiger partial charge in [-0.25, -0.2) is 4.98 Å². The third kappa shape index (κ3) is 2.40. The zero-order chi connectivity index (χ0) is 10.8. The first kappa shape index (κ1) is 10.7. The quantitative estimate of drug-likeness (QED) is 0.726. The van der Waals surface area contributed by atoms with Crippen molar-refractivity contribution in [2.75, 3.05) is 18.0 Å². The monoisotopic (exact) mass is 266 g/mol. The molecule has 0 bridgehead atoms. The van der Waals surface area contributed by atoms with Crippen molar-refractivity contribution in [1.82, 2.24) is 4.98 Å². The lowest BCUT2D eigenvalue weighted by molar-refractivity contribution is 0.678. The molecule has 2 heterocycles. The Kier molecular flexibility index (Phi) is 3.10. The molecule has 80 valence electrons. The average molecular weight is 267 g/mol. The fourth-order valence-electron chi connectivity index (χ4n) is 1.76. The summed E-state index contributed by atoms with van der Waals surface area (Å²) in [5.74, 6) is 1.09. The van der Waals surface area contributed by atoms with Gasteiger partial charge in [0.2, 0.25) is 0 Å². The number of rotatable bonds is 1. The maximum Gasteiger partial charge on any atom is 0.128 e. The molecule has 2 rings (SSSR count). The summed E-state index contributed by atoms with van der Waals surface area (Å²) in [7, 11) is 0. The van der Waals surface area contributed by atoms with E-state index < -0.39 is 0 Å². The number of hydrogen-bond donors (Lipinski definition) is 0. The Balaban J connectivity index is 2.16. The van der Waals surface area contributed by atoms with Gasteiger partial charge in [-0.2, -0.15) is 0 Å². The summed E-state index contributed by atoms with van der Waals surface area (Å²) < 4.78 is 1.08. The second kappa shape index (κ2) is 4.35. The van der Waals surface area contributed by atoms with E-state index in [9.17, 15) is 0 Å². The van der Waals surface area contributed by atoms with Crippen molar-refractivity contribution >= 4 is 21.7 Å². The van der Waals surface area contributed by atoms with Crippen LogP contribution < -0.4 is 4.90 Å². The molecule has 1 aromatic heterocycles. The van der Waals surface area contributed by atoms with E-state index in [1.807, 2.05) is 6.92 Å². The molecule has 15 heavy (non-hydrogen) atoms. The largest absolute Gasteiger partial charge is 0.356 e. The second-order valence-electron chi connectivity index (χ2n) is 3.97. The number of nitrogens with zero attached hydrogens (tertiary/aromatic N) is 2. The van der Waals surface area contributed by atoms with Gasteiger partial charge in [0.05, 0.1) is 5.69 Å². The number of aryl methyl sites for hydroxylation is 1. The summed E-state index contributed by atoms with van der Waals surface area (Å²) in [5.41, 5.74) is 2.41. The van der Waals surface area contributed by atoms with E-state index in [0.717, 1.165) is 41.9 Å². The van der Waals surface area contributed by atoms with Gasteiger partial charge in [0.15, 0.2) is 0 Å². The van der Waals surface area contributed by atoms with Gasteiger partial charge in [-0.05, 0) is 47.8 Å². The smallest absolute Gasteiger partial charge is 0.128 e. The van der Waals surface area contributed by atoms with Crippen LogP contribution in [0.25, 0.3) is 0 Å². The lowest BCUT2D eigenvalue weighted by Crippen LogP contribution is -2.31. The van der Waals surface area contributed by atoms with Crippen molar-refractivity contribution in [3.05, 3.63) is 34.5 Å². The minimum Gasteiger partial charge on any atom is -0.356 e. The van der Waals surface area contributed by atoms with E-state index in [2.05, 4.69) is 44.5 Å². The third-order valence-corrected chi connectivity index (χ3v) is 3.64. The second-order valence-corrected chi connectivity index (χ2v) is 4.83. The Bertz CT molecular complexity index is 377. The predicted octanol–water partition coefficient (Wildman–Crippen LogP) is 3.31. The molecule has 1 aromatic rings. The van der Waals surface area contributed by atoms with Gasteiger partial charge in [0, 0.05) is 17.6 Å². The first-order valence-corrected chi connectivity index (χ1v) is 6.01. The Labute approximate surface area is 99.1 Å². The highest BCUT2D eigenvalue weighted by molar-refractivity contribution is 9.10. The Morgan fingerprint density at radius 1 is 1.33 bits per heavy atom. The van der Waals surface area contributed by atoms with Crippen molar-refractivity contribution in [1.29, 1.82) is 0 Å². The third-order valence-electron chi connectivity index (χ3n) is 2.80. The number of halogens is 1. The molecule has 3 heteroatoms. The van der Waals surface area contributed by atoms with Crippen LogP contribution in [0.5, 0.6) is 0 Å². The molecule has 1 aliphatic rings. The molecule has 0 saturated carbocycles. The molecule has 0 atom stereocenters. The van der Waals surface area contributed by atoms with Crippen molar-refractivity contribution in [2.45, 2.75) is 19.8 Å². The normalized spacial score (nSPS) is 16.9. The maximum atomic E-state index is 4.57. The highest BCUT2D eigenvalue weighted by atomic mass is 79.9. The van der Waals surface area contributed by atoms with Gasteiger partial charge in [0.1, 0.15) is 5.82 Å². The molecule has 1 aliphatic heterocycles.